The summed E-state index contributed by atoms with van der Waals surface area (Å²) >= 11 is 0. The molecule has 0 amide bonds. The van der Waals surface area contributed by atoms with Crippen LogP contribution in [0, 0.1) is 0 Å². The van der Waals surface area contributed by atoms with Crippen molar-refractivity contribution in [2.45, 2.75) is 6.36 Å². The normalized spacial score (nSPS) is 11.0. The number of ether oxygens (including phenoxy) is 2. The number of benzene rings is 2. The second-order valence-electron chi connectivity index (χ2n) is 4.12. The number of methoxy groups -OCH3 is 1. The number of hydrogen-bond donors (Lipinski definition) is 2. The van der Waals surface area contributed by atoms with Crippen molar-refractivity contribution in [1.29, 1.82) is 0 Å². The standard InChI is InChI=1S/C14H13F3N2O2/c1-20-9-6-7-11(10(18)8-9)19-12-4-2-3-5-13(12)21-14(15,16)17/h2-8,19H,18H2,1H3. The van der Waals surface area contributed by atoms with Crippen LogP contribution in [0.15, 0.2) is 42.5 Å². The first-order chi connectivity index (χ1) is 9.89. The second-order valence-corrected chi connectivity index (χ2v) is 4.12. The maximum atomic E-state index is 12.3. The number of anilines is 3. The van der Waals surface area contributed by atoms with Gasteiger partial charge in [0.2, 0.25) is 0 Å². The van der Waals surface area contributed by atoms with Crippen molar-refractivity contribution in [3.63, 3.8) is 0 Å². The topological polar surface area (TPSA) is 56.5 Å². The molecule has 3 N–H and O–H groups in total. The van der Waals surface area contributed by atoms with Crippen molar-refractivity contribution in [2.75, 3.05) is 18.2 Å². The van der Waals surface area contributed by atoms with E-state index in [1.807, 2.05) is 0 Å². The van der Waals surface area contributed by atoms with Gasteiger partial charge in [-0.15, -0.1) is 13.2 Å². The Bertz CT molecular complexity index is 630. The fraction of sp³-hybridized carbons (Fsp3) is 0.143. The zero-order chi connectivity index (χ0) is 15.5. The molecule has 112 valence electrons. The Morgan fingerprint density at radius 1 is 1.05 bits per heavy atom. The molecule has 2 aromatic rings. The van der Waals surface area contributed by atoms with E-state index in [4.69, 9.17) is 10.5 Å². The minimum absolute atomic E-state index is 0.159. The first-order valence-corrected chi connectivity index (χ1v) is 5.94. The van der Waals surface area contributed by atoms with Crippen LogP contribution in [-0.2, 0) is 0 Å². The minimum Gasteiger partial charge on any atom is -0.497 e. The Kier molecular flexibility index (Phi) is 4.11. The van der Waals surface area contributed by atoms with Gasteiger partial charge in [-0.3, -0.25) is 0 Å². The molecule has 0 bridgehead atoms. The Balaban J connectivity index is 2.27. The molecular formula is C14H13F3N2O2. The quantitative estimate of drug-likeness (QED) is 0.840. The molecule has 0 unspecified atom stereocenters. The Labute approximate surface area is 119 Å². The van der Waals surface area contributed by atoms with Crippen LogP contribution in [-0.4, -0.2) is 13.5 Å². The number of hydrogen-bond acceptors (Lipinski definition) is 4. The van der Waals surface area contributed by atoms with Gasteiger partial charge in [-0.1, -0.05) is 12.1 Å². The van der Waals surface area contributed by atoms with E-state index in [9.17, 15) is 13.2 Å². The van der Waals surface area contributed by atoms with Crippen molar-refractivity contribution < 1.29 is 22.6 Å². The number of nitrogens with one attached hydrogen (secondary N) is 1. The summed E-state index contributed by atoms with van der Waals surface area (Å²) in [6.45, 7) is 0. The predicted molar refractivity (Wildman–Crippen MR) is 73.8 cm³/mol. The van der Waals surface area contributed by atoms with Crippen LogP contribution in [0.3, 0.4) is 0 Å². The highest BCUT2D eigenvalue weighted by atomic mass is 19.4. The Hall–Kier alpha value is -2.57. The van der Waals surface area contributed by atoms with Crippen molar-refractivity contribution in [3.05, 3.63) is 42.5 Å². The third-order valence-electron chi connectivity index (χ3n) is 2.64. The molecule has 0 heterocycles. The molecule has 0 atom stereocenters. The largest absolute Gasteiger partial charge is 0.573 e. The average Bonchev–Trinajstić information content (AvgIpc) is 2.41. The number of alkyl halides is 3. The summed E-state index contributed by atoms with van der Waals surface area (Å²) in [7, 11) is 1.49. The third-order valence-corrected chi connectivity index (χ3v) is 2.64. The minimum atomic E-state index is -4.76. The molecule has 7 heteroatoms. The molecule has 0 aromatic heterocycles. The first kappa shape index (κ1) is 14.8. The molecule has 21 heavy (non-hydrogen) atoms. The van der Waals surface area contributed by atoms with E-state index in [0.29, 0.717) is 17.1 Å². The number of para-hydroxylation sites is 2. The van der Waals surface area contributed by atoms with Crippen molar-refractivity contribution in [3.8, 4) is 11.5 Å². The maximum Gasteiger partial charge on any atom is 0.573 e. The molecule has 0 spiro atoms. The van der Waals surface area contributed by atoms with E-state index < -0.39 is 6.36 Å². The van der Waals surface area contributed by atoms with Crippen LogP contribution < -0.4 is 20.5 Å². The van der Waals surface area contributed by atoms with Crippen LogP contribution in [0.1, 0.15) is 0 Å². The highest BCUT2D eigenvalue weighted by Gasteiger charge is 2.32. The summed E-state index contributed by atoms with van der Waals surface area (Å²) in [6, 6.07) is 10.5. The van der Waals surface area contributed by atoms with Gasteiger partial charge in [0, 0.05) is 6.07 Å². The Morgan fingerprint density at radius 3 is 2.38 bits per heavy atom. The molecule has 0 fully saturated rings. The molecular weight excluding hydrogens is 285 g/mol. The summed E-state index contributed by atoms with van der Waals surface area (Å²) < 4.78 is 46.0. The molecule has 2 aromatic carbocycles. The molecule has 0 aliphatic rings. The monoisotopic (exact) mass is 298 g/mol. The lowest BCUT2D eigenvalue weighted by Gasteiger charge is -2.15. The van der Waals surface area contributed by atoms with Gasteiger partial charge < -0.3 is 20.5 Å². The number of rotatable bonds is 4. The van der Waals surface area contributed by atoms with Gasteiger partial charge in [-0.2, -0.15) is 0 Å². The zero-order valence-electron chi connectivity index (χ0n) is 11.1. The van der Waals surface area contributed by atoms with Gasteiger partial charge in [0.15, 0.2) is 5.75 Å². The highest BCUT2D eigenvalue weighted by molar-refractivity contribution is 5.76. The molecule has 0 saturated heterocycles. The summed E-state index contributed by atoms with van der Waals surface area (Å²) in [6.07, 6.45) is -4.76. The average molecular weight is 298 g/mol. The van der Waals surface area contributed by atoms with E-state index in [1.54, 1.807) is 24.3 Å². The number of nitrogen functional groups attached to an aromatic ring is 1. The Morgan fingerprint density at radius 2 is 1.76 bits per heavy atom. The van der Waals surface area contributed by atoms with Crippen LogP contribution in [0.25, 0.3) is 0 Å². The lowest BCUT2D eigenvalue weighted by atomic mass is 10.2. The molecule has 4 nitrogen and oxygen atoms in total. The van der Waals surface area contributed by atoms with Gasteiger partial charge in [0.05, 0.1) is 24.2 Å². The van der Waals surface area contributed by atoms with E-state index >= 15 is 0 Å². The van der Waals surface area contributed by atoms with Crippen molar-refractivity contribution >= 4 is 17.1 Å². The summed E-state index contributed by atoms with van der Waals surface area (Å²) in [5, 5.41) is 2.81. The maximum absolute atomic E-state index is 12.3. The molecule has 0 aliphatic carbocycles. The zero-order valence-corrected chi connectivity index (χ0v) is 11.1. The SMILES string of the molecule is COc1ccc(Nc2ccccc2OC(F)(F)F)c(N)c1. The number of halogens is 3. The van der Waals surface area contributed by atoms with Crippen LogP contribution in [0.2, 0.25) is 0 Å². The van der Waals surface area contributed by atoms with E-state index in [-0.39, 0.29) is 11.4 Å². The van der Waals surface area contributed by atoms with Crippen LogP contribution in [0.4, 0.5) is 30.2 Å². The van der Waals surface area contributed by atoms with Gasteiger partial charge >= 0.3 is 6.36 Å². The van der Waals surface area contributed by atoms with Crippen molar-refractivity contribution in [1.82, 2.24) is 0 Å². The van der Waals surface area contributed by atoms with Crippen LogP contribution in [0.5, 0.6) is 11.5 Å². The summed E-state index contributed by atoms with van der Waals surface area (Å²) in [5.74, 6) is 0.220. The fourth-order valence-electron chi connectivity index (χ4n) is 1.71. The smallest absolute Gasteiger partial charge is 0.497 e. The second kappa shape index (κ2) is 5.82. The first-order valence-electron chi connectivity index (χ1n) is 5.94. The van der Waals surface area contributed by atoms with Gasteiger partial charge in [-0.25, -0.2) is 0 Å². The highest BCUT2D eigenvalue weighted by Crippen LogP contribution is 2.34. The van der Waals surface area contributed by atoms with E-state index in [2.05, 4.69) is 10.1 Å². The van der Waals surface area contributed by atoms with Gasteiger partial charge in [-0.05, 0) is 24.3 Å². The lowest BCUT2D eigenvalue weighted by molar-refractivity contribution is -0.274. The lowest BCUT2D eigenvalue weighted by Crippen LogP contribution is -2.17. The summed E-state index contributed by atoms with van der Waals surface area (Å²) in [5.41, 5.74) is 6.77. The molecule has 0 radical (unpaired) electrons. The molecule has 2 rings (SSSR count). The molecule has 0 saturated carbocycles. The third kappa shape index (κ3) is 3.95. The van der Waals surface area contributed by atoms with Gasteiger partial charge in [0.1, 0.15) is 5.75 Å². The molecule has 0 aliphatic heterocycles. The van der Waals surface area contributed by atoms with E-state index in [1.165, 1.54) is 25.3 Å². The van der Waals surface area contributed by atoms with Crippen molar-refractivity contribution in [2.24, 2.45) is 0 Å². The van der Waals surface area contributed by atoms with Crippen LogP contribution >= 0.6 is 0 Å². The predicted octanol–water partition coefficient (Wildman–Crippen LogP) is 3.92. The van der Waals surface area contributed by atoms with Gasteiger partial charge in [0.25, 0.3) is 0 Å². The summed E-state index contributed by atoms with van der Waals surface area (Å²) in [4.78, 5) is 0. The fourth-order valence-corrected chi connectivity index (χ4v) is 1.71. The number of nitrogens with two attached hydrogens (primary N) is 1. The van der Waals surface area contributed by atoms with E-state index in [0.717, 1.165) is 0 Å².